The molecule has 0 atom stereocenters. The number of aromatic nitrogens is 4. The highest BCUT2D eigenvalue weighted by molar-refractivity contribution is 5.81. The first-order valence-electron chi connectivity index (χ1n) is 10.1. The van der Waals surface area contributed by atoms with Gasteiger partial charge in [0.25, 0.3) is 0 Å². The van der Waals surface area contributed by atoms with Crippen LogP contribution in [0, 0.1) is 6.92 Å². The summed E-state index contributed by atoms with van der Waals surface area (Å²) < 4.78 is 3.10. The zero-order valence-electron chi connectivity index (χ0n) is 16.2. The molecule has 6 heteroatoms. The zero-order chi connectivity index (χ0) is 19.5. The normalized spacial score (nSPS) is 15.8. The molecule has 1 aliphatic carbocycles. The molecule has 0 N–H and O–H groups in total. The van der Waals surface area contributed by atoms with E-state index >= 15 is 0 Å². The molecule has 4 heterocycles. The molecule has 144 valence electrons. The third-order valence-corrected chi connectivity index (χ3v) is 6.16. The third kappa shape index (κ3) is 2.45. The quantitative estimate of drug-likeness (QED) is 0.544. The highest BCUT2D eigenvalue weighted by Crippen LogP contribution is 2.42. The van der Waals surface area contributed by atoms with Crippen molar-refractivity contribution in [3.63, 3.8) is 0 Å². The summed E-state index contributed by atoms with van der Waals surface area (Å²) in [6.45, 7) is 3.11. The summed E-state index contributed by atoms with van der Waals surface area (Å²) in [5.41, 5.74) is 6.66. The van der Waals surface area contributed by atoms with Crippen LogP contribution >= 0.6 is 0 Å². The van der Waals surface area contributed by atoms with E-state index in [9.17, 15) is 4.79 Å². The third-order valence-electron chi connectivity index (χ3n) is 6.16. The first-order chi connectivity index (χ1) is 14.2. The number of fused-ring (bicyclic) bond motifs is 2. The second kappa shape index (κ2) is 6.04. The van der Waals surface area contributed by atoms with Crippen molar-refractivity contribution < 1.29 is 0 Å². The van der Waals surface area contributed by atoms with E-state index in [2.05, 4.69) is 39.2 Å². The molecule has 6 nitrogen and oxygen atoms in total. The summed E-state index contributed by atoms with van der Waals surface area (Å²) >= 11 is 0. The molecule has 0 saturated heterocycles. The summed E-state index contributed by atoms with van der Waals surface area (Å²) in [5.74, 6) is 0.523. The van der Waals surface area contributed by atoms with E-state index < -0.39 is 0 Å². The lowest BCUT2D eigenvalue weighted by Crippen LogP contribution is -2.28. The summed E-state index contributed by atoms with van der Waals surface area (Å²) in [4.78, 5) is 20.0. The fraction of sp³-hybridized carbons (Fsp3) is 0.261. The first kappa shape index (κ1) is 16.5. The molecular formula is C23H21N5O. The molecule has 3 aromatic heterocycles. The van der Waals surface area contributed by atoms with Gasteiger partial charge in [0.2, 0.25) is 0 Å². The molecule has 1 saturated carbocycles. The monoisotopic (exact) mass is 383 g/mol. The molecule has 0 amide bonds. The first-order valence-corrected chi connectivity index (χ1v) is 10.1. The number of rotatable bonds is 3. The van der Waals surface area contributed by atoms with Crippen LogP contribution in [0.5, 0.6) is 0 Å². The minimum absolute atomic E-state index is 0.197. The molecule has 0 unspecified atom stereocenters. The van der Waals surface area contributed by atoms with Crippen LogP contribution in [0.1, 0.15) is 24.1 Å². The Bertz CT molecular complexity index is 1300. The fourth-order valence-electron chi connectivity index (χ4n) is 4.63. The number of aryl methyl sites for hydroxylation is 1. The Morgan fingerprint density at radius 1 is 1.07 bits per heavy atom. The van der Waals surface area contributed by atoms with E-state index in [1.54, 1.807) is 22.9 Å². The predicted octanol–water partition coefficient (Wildman–Crippen LogP) is 3.38. The van der Waals surface area contributed by atoms with Gasteiger partial charge < -0.3 is 4.90 Å². The fourth-order valence-corrected chi connectivity index (χ4v) is 4.63. The van der Waals surface area contributed by atoms with Gasteiger partial charge in [-0.3, -0.25) is 4.40 Å². The molecule has 0 spiro atoms. The Balaban J connectivity index is 1.53. The van der Waals surface area contributed by atoms with E-state index in [-0.39, 0.29) is 5.69 Å². The minimum atomic E-state index is -0.197. The van der Waals surface area contributed by atoms with Crippen LogP contribution < -0.4 is 10.6 Å². The van der Waals surface area contributed by atoms with Crippen molar-refractivity contribution in [2.45, 2.75) is 32.2 Å². The Hall–Kier alpha value is -3.41. The smallest absolute Gasteiger partial charge is 0.355 e. The Labute approximate surface area is 168 Å². The van der Waals surface area contributed by atoms with E-state index in [4.69, 9.17) is 0 Å². The lowest BCUT2D eigenvalue weighted by atomic mass is 9.98. The number of hydrogen-bond acceptors (Lipinski definition) is 4. The van der Waals surface area contributed by atoms with Gasteiger partial charge in [0.15, 0.2) is 5.82 Å². The topological polar surface area (TPSA) is 55.4 Å². The highest BCUT2D eigenvalue weighted by Gasteiger charge is 2.34. The van der Waals surface area contributed by atoms with Gasteiger partial charge in [0.05, 0.1) is 11.7 Å². The van der Waals surface area contributed by atoms with Crippen LogP contribution in [0.3, 0.4) is 0 Å². The molecular weight excluding hydrogens is 362 g/mol. The lowest BCUT2D eigenvalue weighted by molar-refractivity contribution is 0.726. The average molecular weight is 383 g/mol. The Kier molecular flexibility index (Phi) is 3.45. The molecule has 1 aliphatic heterocycles. The van der Waals surface area contributed by atoms with E-state index in [0.717, 1.165) is 35.8 Å². The molecule has 4 aromatic rings. The standard InChI is InChI=1S/C23H21N5O/c1-15-20(18-5-4-6-21-19(18)10-12-26(21)16-8-9-16)13-17-14-25-28(23(29)27(15)17)22-7-2-3-11-24-22/h2-7,11,13-14,16H,8-10,12H2,1H3. The highest BCUT2D eigenvalue weighted by atomic mass is 16.2. The summed E-state index contributed by atoms with van der Waals surface area (Å²) in [6.07, 6.45) is 7.08. The van der Waals surface area contributed by atoms with Crippen molar-refractivity contribution in [3.8, 4) is 16.9 Å². The van der Waals surface area contributed by atoms with Crippen molar-refractivity contribution in [2.75, 3.05) is 11.4 Å². The van der Waals surface area contributed by atoms with Crippen LogP contribution in [0.25, 0.3) is 22.5 Å². The van der Waals surface area contributed by atoms with Gasteiger partial charge in [-0.2, -0.15) is 9.78 Å². The zero-order valence-corrected chi connectivity index (χ0v) is 16.2. The maximum Gasteiger partial charge on any atom is 0.355 e. The average Bonchev–Trinajstić information content (AvgIpc) is 3.41. The van der Waals surface area contributed by atoms with E-state index in [0.29, 0.717) is 5.82 Å². The van der Waals surface area contributed by atoms with Crippen molar-refractivity contribution in [2.24, 2.45) is 0 Å². The summed E-state index contributed by atoms with van der Waals surface area (Å²) in [7, 11) is 0. The Morgan fingerprint density at radius 2 is 1.97 bits per heavy atom. The van der Waals surface area contributed by atoms with Gasteiger partial charge in [0.1, 0.15) is 0 Å². The second-order valence-corrected chi connectivity index (χ2v) is 7.91. The van der Waals surface area contributed by atoms with Crippen LogP contribution in [-0.4, -0.2) is 31.8 Å². The molecule has 0 bridgehead atoms. The van der Waals surface area contributed by atoms with Gasteiger partial charge in [-0.25, -0.2) is 9.78 Å². The van der Waals surface area contributed by atoms with Crippen LogP contribution in [0.2, 0.25) is 0 Å². The van der Waals surface area contributed by atoms with Crippen molar-refractivity contribution in [3.05, 3.63) is 76.6 Å². The number of benzene rings is 1. The predicted molar refractivity (Wildman–Crippen MR) is 113 cm³/mol. The SMILES string of the molecule is Cc1c(-c2cccc3c2CCN3C2CC2)cc2cnn(-c3ccccn3)c(=O)n12. The molecule has 2 aliphatic rings. The largest absolute Gasteiger partial charge is 0.368 e. The van der Waals surface area contributed by atoms with Gasteiger partial charge >= 0.3 is 5.69 Å². The lowest BCUT2D eigenvalue weighted by Gasteiger charge is -2.19. The molecule has 1 fully saturated rings. The van der Waals surface area contributed by atoms with Gasteiger partial charge in [0, 0.05) is 35.7 Å². The maximum atomic E-state index is 13.2. The molecule has 1 aromatic carbocycles. The van der Waals surface area contributed by atoms with E-state index in [1.807, 2.05) is 19.1 Å². The minimum Gasteiger partial charge on any atom is -0.368 e. The number of nitrogens with zero attached hydrogens (tertiary/aromatic N) is 5. The number of anilines is 1. The van der Waals surface area contributed by atoms with Gasteiger partial charge in [-0.1, -0.05) is 18.2 Å². The van der Waals surface area contributed by atoms with Crippen molar-refractivity contribution >= 4 is 11.2 Å². The van der Waals surface area contributed by atoms with Crippen molar-refractivity contribution in [1.82, 2.24) is 19.2 Å². The number of pyridine rings is 1. The summed E-state index contributed by atoms with van der Waals surface area (Å²) in [5, 5.41) is 4.35. The molecule has 29 heavy (non-hydrogen) atoms. The van der Waals surface area contributed by atoms with Crippen LogP contribution in [0.15, 0.2) is 59.7 Å². The van der Waals surface area contributed by atoms with Gasteiger partial charge in [-0.05, 0) is 61.6 Å². The number of hydrogen-bond donors (Lipinski definition) is 0. The van der Waals surface area contributed by atoms with Gasteiger partial charge in [-0.15, -0.1) is 0 Å². The molecule has 0 radical (unpaired) electrons. The van der Waals surface area contributed by atoms with E-state index in [1.165, 1.54) is 34.3 Å². The molecule has 6 rings (SSSR count). The summed E-state index contributed by atoms with van der Waals surface area (Å²) in [6, 6.07) is 14.8. The maximum absolute atomic E-state index is 13.2. The Morgan fingerprint density at radius 3 is 2.76 bits per heavy atom. The van der Waals surface area contributed by atoms with Crippen molar-refractivity contribution in [1.29, 1.82) is 0 Å². The second-order valence-electron chi connectivity index (χ2n) is 7.91. The van der Waals surface area contributed by atoms with Crippen LogP contribution in [-0.2, 0) is 6.42 Å². The van der Waals surface area contributed by atoms with Crippen LogP contribution in [0.4, 0.5) is 5.69 Å².